The van der Waals surface area contributed by atoms with Gasteiger partial charge in [-0.15, -0.1) is 0 Å². The molecule has 1 saturated carbocycles. The first kappa shape index (κ1) is 13.1. The molecule has 0 bridgehead atoms. The Morgan fingerprint density at radius 2 is 2.16 bits per heavy atom. The fourth-order valence-electron chi connectivity index (χ4n) is 3.16. The Hall–Kier alpha value is -0.900. The van der Waals surface area contributed by atoms with E-state index < -0.39 is 0 Å². The smallest absolute Gasteiger partial charge is 0.0594 e. The van der Waals surface area contributed by atoms with Gasteiger partial charge in [-0.05, 0) is 49.1 Å². The van der Waals surface area contributed by atoms with Crippen molar-refractivity contribution < 1.29 is 4.74 Å². The lowest BCUT2D eigenvalue weighted by molar-refractivity contribution is 0.0945. The zero-order valence-electron chi connectivity index (χ0n) is 11.5. The van der Waals surface area contributed by atoms with E-state index in [1.54, 1.807) is 0 Å². The molecule has 1 aromatic carbocycles. The molecule has 3 rings (SSSR count). The molecule has 1 aromatic rings. The molecule has 0 amide bonds. The molecule has 104 valence electrons. The summed E-state index contributed by atoms with van der Waals surface area (Å²) in [7, 11) is 0. The summed E-state index contributed by atoms with van der Waals surface area (Å²) in [5.74, 6) is 6.53. The van der Waals surface area contributed by atoms with Crippen LogP contribution in [0.4, 0.5) is 0 Å². The summed E-state index contributed by atoms with van der Waals surface area (Å²) in [6.45, 7) is 0.907. The van der Waals surface area contributed by atoms with Crippen LogP contribution in [0, 0.1) is 0 Å². The van der Waals surface area contributed by atoms with Gasteiger partial charge in [0.2, 0.25) is 0 Å². The third-order valence-corrected chi connectivity index (χ3v) is 4.61. The van der Waals surface area contributed by atoms with Gasteiger partial charge in [-0.25, -0.2) is 0 Å². The maximum atomic E-state index is 5.75. The number of rotatable bonds is 5. The third-order valence-electron chi connectivity index (χ3n) is 4.61. The van der Waals surface area contributed by atoms with Gasteiger partial charge in [-0.3, -0.25) is 11.3 Å². The normalized spacial score (nSPS) is 25.2. The van der Waals surface area contributed by atoms with Crippen molar-refractivity contribution >= 4 is 0 Å². The second-order valence-corrected chi connectivity index (χ2v) is 5.89. The zero-order valence-corrected chi connectivity index (χ0v) is 11.5. The Kier molecular flexibility index (Phi) is 4.16. The fourth-order valence-corrected chi connectivity index (χ4v) is 3.16. The average Bonchev–Trinajstić information content (AvgIpc) is 2.87. The van der Waals surface area contributed by atoms with Crippen molar-refractivity contribution in [1.29, 1.82) is 0 Å². The van der Waals surface area contributed by atoms with E-state index in [1.807, 2.05) is 0 Å². The van der Waals surface area contributed by atoms with Gasteiger partial charge in [0.25, 0.3) is 0 Å². The lowest BCUT2D eigenvalue weighted by Gasteiger charge is -2.27. The SMILES string of the molecule is NNC(CC1CCCO1)c1cccc(C2CCC2)c1. The van der Waals surface area contributed by atoms with E-state index in [0.29, 0.717) is 6.10 Å². The van der Waals surface area contributed by atoms with Crippen LogP contribution in [0.1, 0.15) is 61.6 Å². The van der Waals surface area contributed by atoms with Crippen molar-refractivity contribution in [3.63, 3.8) is 0 Å². The summed E-state index contributed by atoms with van der Waals surface area (Å²) in [6, 6.07) is 9.16. The van der Waals surface area contributed by atoms with Crippen molar-refractivity contribution in [3.8, 4) is 0 Å². The highest BCUT2D eigenvalue weighted by Crippen LogP contribution is 2.37. The van der Waals surface area contributed by atoms with Crippen LogP contribution in [-0.2, 0) is 4.74 Å². The summed E-state index contributed by atoms with van der Waals surface area (Å²) in [5, 5.41) is 0. The molecule has 1 saturated heterocycles. The first-order valence-corrected chi connectivity index (χ1v) is 7.54. The highest BCUT2D eigenvalue weighted by molar-refractivity contribution is 5.29. The number of nitrogens with two attached hydrogens (primary N) is 1. The molecule has 1 aliphatic heterocycles. The van der Waals surface area contributed by atoms with Crippen LogP contribution >= 0.6 is 0 Å². The lowest BCUT2D eigenvalue weighted by atomic mass is 9.79. The molecule has 2 unspecified atom stereocenters. The topological polar surface area (TPSA) is 47.3 Å². The molecule has 3 N–H and O–H groups in total. The molecule has 3 nitrogen and oxygen atoms in total. The van der Waals surface area contributed by atoms with Crippen molar-refractivity contribution in [2.24, 2.45) is 5.84 Å². The van der Waals surface area contributed by atoms with Crippen LogP contribution in [0.15, 0.2) is 24.3 Å². The number of nitrogens with one attached hydrogen (secondary N) is 1. The molecule has 2 aliphatic rings. The Bertz CT molecular complexity index is 411. The van der Waals surface area contributed by atoms with Crippen LogP contribution in [0.2, 0.25) is 0 Å². The first-order chi connectivity index (χ1) is 9.36. The highest BCUT2D eigenvalue weighted by atomic mass is 16.5. The molecule has 1 aliphatic carbocycles. The molecular weight excluding hydrogens is 236 g/mol. The maximum Gasteiger partial charge on any atom is 0.0594 e. The zero-order chi connectivity index (χ0) is 13.1. The van der Waals surface area contributed by atoms with Crippen LogP contribution in [0.25, 0.3) is 0 Å². The van der Waals surface area contributed by atoms with Gasteiger partial charge < -0.3 is 4.74 Å². The van der Waals surface area contributed by atoms with E-state index in [1.165, 1.54) is 43.2 Å². The number of hydrazine groups is 1. The molecule has 0 radical (unpaired) electrons. The monoisotopic (exact) mass is 260 g/mol. The summed E-state index contributed by atoms with van der Waals surface area (Å²) in [6.07, 6.45) is 7.76. The molecular formula is C16H24N2O. The fraction of sp³-hybridized carbons (Fsp3) is 0.625. The van der Waals surface area contributed by atoms with Crippen LogP contribution in [-0.4, -0.2) is 12.7 Å². The standard InChI is InChI=1S/C16H24N2O/c17-18-16(11-15-8-3-9-19-15)14-7-2-6-13(10-14)12-4-1-5-12/h2,6-7,10,12,15-16,18H,1,3-5,8-9,11,17H2. The third kappa shape index (κ3) is 2.99. The molecule has 0 spiro atoms. The second-order valence-electron chi connectivity index (χ2n) is 5.89. The minimum Gasteiger partial charge on any atom is -0.378 e. The minimum atomic E-state index is 0.211. The number of benzene rings is 1. The van der Waals surface area contributed by atoms with Gasteiger partial charge in [0, 0.05) is 12.6 Å². The Labute approximate surface area is 115 Å². The molecule has 0 aromatic heterocycles. The minimum absolute atomic E-state index is 0.211. The van der Waals surface area contributed by atoms with Crippen molar-refractivity contribution in [3.05, 3.63) is 35.4 Å². The van der Waals surface area contributed by atoms with Crippen LogP contribution < -0.4 is 11.3 Å². The molecule has 1 heterocycles. The van der Waals surface area contributed by atoms with Gasteiger partial charge in [-0.1, -0.05) is 30.7 Å². The molecule has 3 heteroatoms. The largest absolute Gasteiger partial charge is 0.378 e. The van der Waals surface area contributed by atoms with Gasteiger partial charge in [0.05, 0.1) is 6.10 Å². The van der Waals surface area contributed by atoms with Gasteiger partial charge in [0.1, 0.15) is 0 Å². The van der Waals surface area contributed by atoms with Crippen LogP contribution in [0.3, 0.4) is 0 Å². The van der Waals surface area contributed by atoms with E-state index in [4.69, 9.17) is 10.6 Å². The second kappa shape index (κ2) is 6.04. The molecule has 2 fully saturated rings. The quantitative estimate of drug-likeness (QED) is 0.632. The van der Waals surface area contributed by atoms with Crippen molar-refractivity contribution in [2.45, 2.75) is 56.6 Å². The van der Waals surface area contributed by atoms with Gasteiger partial charge in [0.15, 0.2) is 0 Å². The van der Waals surface area contributed by atoms with E-state index >= 15 is 0 Å². The summed E-state index contributed by atoms with van der Waals surface area (Å²) in [5.41, 5.74) is 5.76. The van der Waals surface area contributed by atoms with Crippen molar-refractivity contribution in [1.82, 2.24) is 5.43 Å². The van der Waals surface area contributed by atoms with Crippen molar-refractivity contribution in [2.75, 3.05) is 6.61 Å². The van der Waals surface area contributed by atoms with Gasteiger partial charge >= 0.3 is 0 Å². The predicted octanol–water partition coefficient (Wildman–Crippen LogP) is 3.03. The number of hydrogen-bond acceptors (Lipinski definition) is 3. The predicted molar refractivity (Wildman–Crippen MR) is 76.7 cm³/mol. The Morgan fingerprint density at radius 3 is 2.79 bits per heavy atom. The lowest BCUT2D eigenvalue weighted by Crippen LogP contribution is -2.31. The van der Waals surface area contributed by atoms with Gasteiger partial charge in [-0.2, -0.15) is 0 Å². The average molecular weight is 260 g/mol. The molecule has 19 heavy (non-hydrogen) atoms. The highest BCUT2D eigenvalue weighted by Gasteiger charge is 2.23. The van der Waals surface area contributed by atoms with E-state index in [2.05, 4.69) is 29.7 Å². The van der Waals surface area contributed by atoms with E-state index in [0.717, 1.165) is 18.9 Å². The Morgan fingerprint density at radius 1 is 1.26 bits per heavy atom. The first-order valence-electron chi connectivity index (χ1n) is 7.54. The molecule has 2 atom stereocenters. The van der Waals surface area contributed by atoms with E-state index in [9.17, 15) is 0 Å². The number of hydrogen-bond donors (Lipinski definition) is 2. The maximum absolute atomic E-state index is 5.75. The Balaban J connectivity index is 1.70. The van der Waals surface area contributed by atoms with E-state index in [-0.39, 0.29) is 6.04 Å². The number of ether oxygens (including phenoxy) is 1. The summed E-state index contributed by atoms with van der Waals surface area (Å²) < 4.78 is 5.72. The van der Waals surface area contributed by atoms with Crippen LogP contribution in [0.5, 0.6) is 0 Å². The summed E-state index contributed by atoms with van der Waals surface area (Å²) >= 11 is 0. The summed E-state index contributed by atoms with van der Waals surface area (Å²) in [4.78, 5) is 0.